The Hall–Kier alpha value is -0.940. The molecule has 0 spiro atoms. The third-order valence-electron chi connectivity index (χ3n) is 1.79. The van der Waals surface area contributed by atoms with Gasteiger partial charge in [0.25, 0.3) is 0 Å². The highest BCUT2D eigenvalue weighted by Gasteiger charge is 2.66. The van der Waals surface area contributed by atoms with Crippen molar-refractivity contribution in [2.75, 3.05) is 0 Å². The standard InChI is InChI=1S/C8H4F6O3S2/c9-4-1-2-6(5(10)3-4)18-7(11,12)8(13,14)19(15,16)17/h1-3H,(H,15,16,17). The molecule has 0 saturated heterocycles. The Bertz CT molecular complexity index is 586. The van der Waals surface area contributed by atoms with Gasteiger partial charge in [-0.3, -0.25) is 4.55 Å². The van der Waals surface area contributed by atoms with Crippen LogP contribution in [-0.4, -0.2) is 23.5 Å². The van der Waals surface area contributed by atoms with E-state index in [9.17, 15) is 34.8 Å². The molecule has 0 aliphatic rings. The van der Waals surface area contributed by atoms with Crippen molar-refractivity contribution in [2.45, 2.75) is 15.4 Å². The quantitative estimate of drug-likeness (QED) is 0.525. The van der Waals surface area contributed by atoms with Crippen LogP contribution in [0.3, 0.4) is 0 Å². The zero-order valence-corrected chi connectivity index (χ0v) is 10.2. The van der Waals surface area contributed by atoms with E-state index >= 15 is 0 Å². The van der Waals surface area contributed by atoms with E-state index < -0.39 is 48.9 Å². The van der Waals surface area contributed by atoms with E-state index in [0.29, 0.717) is 12.1 Å². The molecule has 1 aromatic carbocycles. The van der Waals surface area contributed by atoms with Crippen LogP contribution in [0.2, 0.25) is 0 Å². The molecule has 0 unspecified atom stereocenters. The first-order valence-electron chi connectivity index (χ1n) is 4.25. The Morgan fingerprint density at radius 3 is 2.05 bits per heavy atom. The molecule has 0 aromatic heterocycles. The van der Waals surface area contributed by atoms with Crippen LogP contribution < -0.4 is 0 Å². The minimum Gasteiger partial charge on any atom is -0.281 e. The normalized spacial score (nSPS) is 13.6. The lowest BCUT2D eigenvalue weighted by Crippen LogP contribution is -2.44. The van der Waals surface area contributed by atoms with E-state index in [1.165, 1.54) is 0 Å². The van der Waals surface area contributed by atoms with Gasteiger partial charge in [-0.25, -0.2) is 8.78 Å². The summed E-state index contributed by atoms with van der Waals surface area (Å²) >= 11 is -1.15. The number of halogens is 6. The van der Waals surface area contributed by atoms with Crippen molar-refractivity contribution < 1.29 is 39.3 Å². The van der Waals surface area contributed by atoms with Gasteiger partial charge in [0.1, 0.15) is 11.6 Å². The highest BCUT2D eigenvalue weighted by atomic mass is 32.2. The van der Waals surface area contributed by atoms with E-state index in [1.807, 2.05) is 0 Å². The molecule has 0 aliphatic heterocycles. The molecule has 0 fully saturated rings. The molecule has 0 aliphatic carbocycles. The summed E-state index contributed by atoms with van der Waals surface area (Å²) in [5.74, 6) is -2.71. The molecule has 3 nitrogen and oxygen atoms in total. The summed E-state index contributed by atoms with van der Waals surface area (Å²) < 4.78 is 106. The minimum atomic E-state index is -6.40. The third kappa shape index (κ3) is 3.15. The van der Waals surface area contributed by atoms with Gasteiger partial charge in [-0.05, 0) is 23.9 Å². The fraction of sp³-hybridized carbons (Fsp3) is 0.250. The molecule has 1 N–H and O–H groups in total. The number of hydrogen-bond acceptors (Lipinski definition) is 3. The second-order valence-electron chi connectivity index (χ2n) is 3.19. The molecule has 1 aromatic rings. The van der Waals surface area contributed by atoms with Crippen molar-refractivity contribution in [3.8, 4) is 0 Å². The summed E-state index contributed by atoms with van der Waals surface area (Å²) in [5.41, 5.74) is 0. The van der Waals surface area contributed by atoms with Crippen molar-refractivity contribution >= 4 is 21.9 Å². The zero-order chi connectivity index (χ0) is 15.1. The summed E-state index contributed by atoms with van der Waals surface area (Å²) in [6.07, 6.45) is 0. The fourth-order valence-electron chi connectivity index (χ4n) is 0.906. The summed E-state index contributed by atoms with van der Waals surface area (Å²) in [6.45, 7) is 0. The molecular formula is C8H4F6O3S2. The fourth-order valence-corrected chi connectivity index (χ4v) is 2.33. The molecule has 1 rings (SSSR count). The monoisotopic (exact) mass is 326 g/mol. The molecule has 19 heavy (non-hydrogen) atoms. The van der Waals surface area contributed by atoms with Gasteiger partial charge in [-0.1, -0.05) is 0 Å². The third-order valence-corrected chi connectivity index (χ3v) is 3.89. The topological polar surface area (TPSA) is 54.4 Å². The first kappa shape index (κ1) is 16.1. The lowest BCUT2D eigenvalue weighted by atomic mass is 10.3. The summed E-state index contributed by atoms with van der Waals surface area (Å²) in [7, 11) is -6.40. The SMILES string of the molecule is O=S(=O)(O)C(F)(F)C(F)(F)Sc1ccc(F)cc1F. The molecule has 0 atom stereocenters. The van der Waals surface area contributed by atoms with Crippen molar-refractivity contribution in [1.29, 1.82) is 0 Å². The highest BCUT2D eigenvalue weighted by Crippen LogP contribution is 2.49. The second kappa shape index (κ2) is 4.87. The van der Waals surface area contributed by atoms with Crippen LogP contribution in [-0.2, 0) is 10.1 Å². The van der Waals surface area contributed by atoms with E-state index in [2.05, 4.69) is 0 Å². The lowest BCUT2D eigenvalue weighted by molar-refractivity contribution is -0.0947. The van der Waals surface area contributed by atoms with Crippen LogP contribution >= 0.6 is 11.8 Å². The Balaban J connectivity index is 3.16. The van der Waals surface area contributed by atoms with Gasteiger partial charge < -0.3 is 0 Å². The van der Waals surface area contributed by atoms with Gasteiger partial charge >= 0.3 is 20.6 Å². The van der Waals surface area contributed by atoms with E-state index in [-0.39, 0.29) is 6.07 Å². The lowest BCUT2D eigenvalue weighted by Gasteiger charge is -2.23. The van der Waals surface area contributed by atoms with Crippen molar-refractivity contribution in [2.24, 2.45) is 0 Å². The largest absolute Gasteiger partial charge is 0.442 e. The molecule has 108 valence electrons. The average Bonchev–Trinajstić information content (AvgIpc) is 2.20. The number of benzene rings is 1. The van der Waals surface area contributed by atoms with Gasteiger partial charge in [0.2, 0.25) is 0 Å². The first-order chi connectivity index (χ1) is 8.38. The second-order valence-corrected chi connectivity index (χ2v) is 5.80. The summed E-state index contributed by atoms with van der Waals surface area (Å²) in [4.78, 5) is -1.10. The molecule has 0 bridgehead atoms. The maximum Gasteiger partial charge on any atom is 0.442 e. The van der Waals surface area contributed by atoms with Crippen LogP contribution in [0, 0.1) is 11.6 Å². The predicted octanol–water partition coefficient (Wildman–Crippen LogP) is 3.13. The van der Waals surface area contributed by atoms with E-state index in [1.54, 1.807) is 0 Å². The van der Waals surface area contributed by atoms with Gasteiger partial charge in [-0.15, -0.1) is 0 Å². The Morgan fingerprint density at radius 2 is 1.63 bits per heavy atom. The predicted molar refractivity (Wildman–Crippen MR) is 53.7 cm³/mol. The molecule has 0 heterocycles. The maximum absolute atomic E-state index is 13.1. The highest BCUT2D eigenvalue weighted by molar-refractivity contribution is 8.01. The zero-order valence-electron chi connectivity index (χ0n) is 8.58. The van der Waals surface area contributed by atoms with Gasteiger partial charge in [0.05, 0.1) is 0 Å². The molecule has 0 radical (unpaired) electrons. The van der Waals surface area contributed by atoms with Crippen molar-refractivity contribution in [3.63, 3.8) is 0 Å². The molecule has 11 heteroatoms. The van der Waals surface area contributed by atoms with Gasteiger partial charge in [-0.2, -0.15) is 26.0 Å². The molecule has 0 amide bonds. The van der Waals surface area contributed by atoms with E-state index in [0.717, 1.165) is 0 Å². The van der Waals surface area contributed by atoms with Crippen LogP contribution in [0.1, 0.15) is 0 Å². The maximum atomic E-state index is 13.1. The van der Waals surface area contributed by atoms with E-state index in [4.69, 9.17) is 4.55 Å². The Kier molecular flexibility index (Phi) is 4.13. The Morgan fingerprint density at radius 1 is 1.11 bits per heavy atom. The van der Waals surface area contributed by atoms with Gasteiger partial charge in [0, 0.05) is 11.0 Å². The minimum absolute atomic E-state index is 0.157. The molecule has 0 saturated carbocycles. The summed E-state index contributed by atoms with van der Waals surface area (Å²) in [6, 6.07) is 1.11. The smallest absolute Gasteiger partial charge is 0.281 e. The van der Waals surface area contributed by atoms with Crippen LogP contribution in [0.15, 0.2) is 23.1 Å². The van der Waals surface area contributed by atoms with Crippen molar-refractivity contribution in [3.05, 3.63) is 29.8 Å². The number of rotatable bonds is 4. The first-order valence-corrected chi connectivity index (χ1v) is 6.51. The average molecular weight is 326 g/mol. The molecular weight excluding hydrogens is 322 g/mol. The number of hydrogen-bond donors (Lipinski definition) is 1. The van der Waals surface area contributed by atoms with Gasteiger partial charge in [0.15, 0.2) is 0 Å². The van der Waals surface area contributed by atoms with Crippen molar-refractivity contribution in [1.82, 2.24) is 0 Å². The number of thioether (sulfide) groups is 1. The summed E-state index contributed by atoms with van der Waals surface area (Å²) in [5, 5.41) is -11.2. The Labute approximate surface area is 107 Å². The van der Waals surface area contributed by atoms with Crippen LogP contribution in [0.4, 0.5) is 26.3 Å². The van der Waals surface area contributed by atoms with Crippen LogP contribution in [0.5, 0.6) is 0 Å². The number of alkyl halides is 4. The van der Waals surface area contributed by atoms with Crippen LogP contribution in [0.25, 0.3) is 0 Å².